The van der Waals surface area contributed by atoms with E-state index in [2.05, 4.69) is 18.2 Å². The van der Waals surface area contributed by atoms with Gasteiger partial charge in [-0.25, -0.2) is 0 Å². The van der Waals surface area contributed by atoms with Crippen molar-refractivity contribution in [1.82, 2.24) is 4.31 Å². The molecular formula is C7H15NO2S2. The molecule has 0 fully saturated rings. The van der Waals surface area contributed by atoms with E-state index in [1.807, 2.05) is 0 Å². The van der Waals surface area contributed by atoms with Crippen LogP contribution in [0.2, 0.25) is 0 Å². The van der Waals surface area contributed by atoms with Gasteiger partial charge >= 0.3 is 5.97 Å². The molecule has 0 spiro atoms. The summed E-state index contributed by atoms with van der Waals surface area (Å²) >= 11 is 2.87. The van der Waals surface area contributed by atoms with Gasteiger partial charge < -0.3 is 4.18 Å². The van der Waals surface area contributed by atoms with Crippen LogP contribution in [0, 0.1) is 0 Å². The molecule has 0 aliphatic carbocycles. The summed E-state index contributed by atoms with van der Waals surface area (Å²) in [7, 11) is 0. The Bertz CT molecular complexity index is 129. The molecule has 0 aliphatic rings. The second-order valence-corrected chi connectivity index (χ2v) is 4.17. The molecule has 3 nitrogen and oxygen atoms in total. The zero-order chi connectivity index (χ0) is 9.40. The lowest BCUT2D eigenvalue weighted by Crippen LogP contribution is -2.14. The fourth-order valence-corrected chi connectivity index (χ4v) is 2.10. The third kappa shape index (κ3) is 6.82. The molecule has 0 radical (unpaired) electrons. The normalized spacial score (nSPS) is 10.3. The van der Waals surface area contributed by atoms with Crippen LogP contribution in [-0.2, 0) is 8.98 Å². The third-order valence-corrected chi connectivity index (χ3v) is 3.21. The summed E-state index contributed by atoms with van der Waals surface area (Å²) in [5, 5.41) is 0.765. The summed E-state index contributed by atoms with van der Waals surface area (Å²) in [5.74, 6) is -0.236. The number of hydrogen-bond acceptors (Lipinski definition) is 5. The van der Waals surface area contributed by atoms with Crippen molar-refractivity contribution in [1.29, 1.82) is 0 Å². The van der Waals surface area contributed by atoms with Crippen LogP contribution in [-0.4, -0.2) is 28.4 Å². The minimum atomic E-state index is -0.236. The number of nitrogens with zero attached hydrogens (tertiary/aromatic N) is 1. The van der Waals surface area contributed by atoms with Gasteiger partial charge in [0.1, 0.15) is 0 Å². The van der Waals surface area contributed by atoms with Gasteiger partial charge in [-0.15, -0.1) is 0 Å². The molecule has 0 amide bonds. The summed E-state index contributed by atoms with van der Waals surface area (Å²) in [6.07, 6.45) is 0. The maximum Gasteiger partial charge on any atom is 0.314 e. The van der Waals surface area contributed by atoms with E-state index in [9.17, 15) is 4.79 Å². The van der Waals surface area contributed by atoms with Crippen LogP contribution in [0.3, 0.4) is 0 Å². The second-order valence-electron chi connectivity index (χ2n) is 2.05. The van der Waals surface area contributed by atoms with E-state index < -0.39 is 0 Å². The molecule has 0 aromatic carbocycles. The van der Waals surface area contributed by atoms with Crippen molar-refractivity contribution >= 4 is 30.0 Å². The molecular weight excluding hydrogens is 194 g/mol. The highest BCUT2D eigenvalue weighted by Crippen LogP contribution is 2.16. The fourth-order valence-electron chi connectivity index (χ4n) is 0.609. The second kappa shape index (κ2) is 7.76. The van der Waals surface area contributed by atoms with Crippen molar-refractivity contribution in [3.05, 3.63) is 0 Å². The largest absolute Gasteiger partial charge is 0.391 e. The maximum atomic E-state index is 10.4. The minimum absolute atomic E-state index is 0.236. The number of carbonyl (C=O) groups is 1. The Morgan fingerprint density at radius 2 is 2.00 bits per heavy atom. The van der Waals surface area contributed by atoms with Crippen LogP contribution in [0.4, 0.5) is 0 Å². The van der Waals surface area contributed by atoms with Crippen molar-refractivity contribution in [3.63, 3.8) is 0 Å². The number of carbonyl (C=O) groups excluding carboxylic acids is 1. The Kier molecular flexibility index (Phi) is 7.85. The summed E-state index contributed by atoms with van der Waals surface area (Å²) in [6, 6.07) is 0. The summed E-state index contributed by atoms with van der Waals surface area (Å²) in [4.78, 5) is 10.4. The number of hydrogen-bond donors (Lipinski definition) is 0. The molecule has 0 N–H and O–H groups in total. The molecule has 0 atom stereocenters. The van der Waals surface area contributed by atoms with Crippen molar-refractivity contribution in [2.75, 3.05) is 18.2 Å². The Morgan fingerprint density at radius 1 is 1.42 bits per heavy atom. The Labute approximate surface area is 82.6 Å². The summed E-state index contributed by atoms with van der Waals surface area (Å²) in [5.41, 5.74) is 0. The van der Waals surface area contributed by atoms with E-state index in [-0.39, 0.29) is 5.97 Å². The van der Waals surface area contributed by atoms with Gasteiger partial charge in [-0.2, -0.15) is 0 Å². The standard InChI is InChI=1S/C7H15NO2S2/c1-4-8(5-2)11-6-12-10-7(3)9/h4-6H2,1-3H3. The molecule has 0 rings (SSSR count). The lowest BCUT2D eigenvalue weighted by molar-refractivity contribution is -0.130. The first-order valence-corrected chi connectivity index (χ1v) is 5.73. The van der Waals surface area contributed by atoms with Gasteiger partial charge in [-0.3, -0.25) is 9.10 Å². The first-order chi connectivity index (χ1) is 5.70. The molecule has 5 heteroatoms. The van der Waals surface area contributed by atoms with E-state index in [0.717, 1.165) is 18.2 Å². The quantitative estimate of drug-likeness (QED) is 0.289. The minimum Gasteiger partial charge on any atom is -0.391 e. The van der Waals surface area contributed by atoms with Gasteiger partial charge in [-0.05, 0) is 0 Å². The van der Waals surface area contributed by atoms with E-state index >= 15 is 0 Å². The number of rotatable bonds is 6. The highest BCUT2D eigenvalue weighted by atomic mass is 32.2. The molecule has 0 aliphatic heterocycles. The van der Waals surface area contributed by atoms with Gasteiger partial charge in [-0.1, -0.05) is 25.8 Å². The first kappa shape index (κ1) is 12.1. The molecule has 0 aromatic rings. The lowest BCUT2D eigenvalue weighted by Gasteiger charge is -2.15. The van der Waals surface area contributed by atoms with E-state index in [1.165, 1.54) is 19.0 Å². The Balaban J connectivity index is 3.23. The van der Waals surface area contributed by atoms with Crippen LogP contribution >= 0.6 is 24.0 Å². The van der Waals surface area contributed by atoms with Crippen LogP contribution < -0.4 is 0 Å². The zero-order valence-electron chi connectivity index (χ0n) is 7.70. The van der Waals surface area contributed by atoms with Gasteiger partial charge in [0.25, 0.3) is 0 Å². The monoisotopic (exact) mass is 209 g/mol. The fraction of sp³-hybridized carbons (Fsp3) is 0.857. The molecule has 0 saturated carbocycles. The summed E-state index contributed by atoms with van der Waals surface area (Å²) in [6.45, 7) is 7.65. The molecule has 0 unspecified atom stereocenters. The molecule has 12 heavy (non-hydrogen) atoms. The highest BCUT2D eigenvalue weighted by Gasteiger charge is 2.00. The predicted octanol–water partition coefficient (Wildman–Crippen LogP) is 2.15. The highest BCUT2D eigenvalue weighted by molar-refractivity contribution is 8.12. The van der Waals surface area contributed by atoms with Gasteiger partial charge in [0.2, 0.25) is 0 Å². The molecule has 0 aromatic heterocycles. The van der Waals surface area contributed by atoms with Gasteiger partial charge in [0.05, 0.1) is 17.1 Å². The molecule has 0 bridgehead atoms. The zero-order valence-corrected chi connectivity index (χ0v) is 9.33. The predicted molar refractivity (Wildman–Crippen MR) is 54.7 cm³/mol. The molecule has 0 saturated heterocycles. The molecule has 0 heterocycles. The molecule has 72 valence electrons. The Hall–Kier alpha value is 0.130. The smallest absolute Gasteiger partial charge is 0.314 e. The van der Waals surface area contributed by atoms with Crippen molar-refractivity contribution in [2.24, 2.45) is 0 Å². The van der Waals surface area contributed by atoms with Crippen LogP contribution in [0.25, 0.3) is 0 Å². The van der Waals surface area contributed by atoms with E-state index in [4.69, 9.17) is 4.18 Å². The lowest BCUT2D eigenvalue weighted by atomic mass is 10.7. The maximum absolute atomic E-state index is 10.4. The van der Waals surface area contributed by atoms with Crippen LogP contribution in [0.1, 0.15) is 20.8 Å². The van der Waals surface area contributed by atoms with Crippen LogP contribution in [0.5, 0.6) is 0 Å². The average Bonchev–Trinajstić information content (AvgIpc) is 2.04. The first-order valence-electron chi connectivity index (χ1n) is 3.88. The van der Waals surface area contributed by atoms with E-state index in [1.54, 1.807) is 11.9 Å². The van der Waals surface area contributed by atoms with Crippen molar-refractivity contribution in [3.8, 4) is 0 Å². The average molecular weight is 209 g/mol. The van der Waals surface area contributed by atoms with Crippen molar-refractivity contribution < 1.29 is 8.98 Å². The van der Waals surface area contributed by atoms with Crippen molar-refractivity contribution in [2.45, 2.75) is 20.8 Å². The summed E-state index contributed by atoms with van der Waals surface area (Å²) < 4.78 is 6.92. The Morgan fingerprint density at radius 3 is 2.42 bits per heavy atom. The van der Waals surface area contributed by atoms with Gasteiger partial charge in [0, 0.05) is 20.0 Å². The SMILES string of the molecule is CCN(CC)SCSOC(C)=O. The third-order valence-electron chi connectivity index (χ3n) is 1.17. The van der Waals surface area contributed by atoms with Crippen LogP contribution in [0.15, 0.2) is 0 Å². The topological polar surface area (TPSA) is 29.5 Å². The van der Waals surface area contributed by atoms with E-state index in [0.29, 0.717) is 0 Å². The van der Waals surface area contributed by atoms with Gasteiger partial charge in [0.15, 0.2) is 0 Å².